The number of anilines is 1. The number of hydrogen-bond donors (Lipinski definition) is 1. The van der Waals surface area contributed by atoms with Gasteiger partial charge in [0, 0.05) is 18.9 Å². The highest BCUT2D eigenvalue weighted by Gasteiger charge is 2.06. The summed E-state index contributed by atoms with van der Waals surface area (Å²) in [7, 11) is 1.58. The molecule has 5 nitrogen and oxygen atoms in total. The first-order chi connectivity index (χ1) is 7.40. The third-order valence-electron chi connectivity index (χ3n) is 1.83. The monoisotopic (exact) mass is 222 g/mol. The second-order valence-corrected chi connectivity index (χ2v) is 3.37. The van der Waals surface area contributed by atoms with Gasteiger partial charge in [0.15, 0.2) is 0 Å². The predicted molar refractivity (Wildman–Crippen MR) is 58.0 cm³/mol. The van der Waals surface area contributed by atoms with Crippen molar-refractivity contribution in [3.8, 4) is 5.88 Å². The molecule has 0 saturated heterocycles. The van der Waals surface area contributed by atoms with Crippen LogP contribution in [0.2, 0.25) is 0 Å². The molecular formula is C9H10N4OS. The van der Waals surface area contributed by atoms with Crippen LogP contribution in [-0.4, -0.2) is 20.8 Å². The van der Waals surface area contributed by atoms with Crippen LogP contribution in [0.25, 0.3) is 0 Å². The van der Waals surface area contributed by atoms with Crippen LogP contribution in [0.1, 0.15) is 5.56 Å². The molecule has 2 rings (SSSR count). The summed E-state index contributed by atoms with van der Waals surface area (Å²) in [6.07, 6.45) is 3.55. The van der Waals surface area contributed by atoms with Crippen molar-refractivity contribution in [3.63, 3.8) is 0 Å². The third-order valence-corrected chi connectivity index (χ3v) is 2.35. The first-order valence-corrected chi connectivity index (χ1v) is 5.12. The highest BCUT2D eigenvalue weighted by atomic mass is 32.1. The summed E-state index contributed by atoms with van der Waals surface area (Å²) < 4.78 is 13.1. The van der Waals surface area contributed by atoms with Crippen LogP contribution in [0, 0.1) is 0 Å². The van der Waals surface area contributed by atoms with Crippen molar-refractivity contribution in [1.29, 1.82) is 0 Å². The van der Waals surface area contributed by atoms with E-state index in [1.54, 1.807) is 19.5 Å². The summed E-state index contributed by atoms with van der Waals surface area (Å²) in [5.74, 6) is 1.20. The first kappa shape index (κ1) is 9.85. The largest absolute Gasteiger partial charge is 0.478 e. The van der Waals surface area contributed by atoms with Crippen molar-refractivity contribution in [3.05, 3.63) is 30.1 Å². The van der Waals surface area contributed by atoms with Crippen LogP contribution >= 0.6 is 11.7 Å². The molecule has 0 atom stereocenters. The maximum atomic E-state index is 5.03. The number of aromatic nitrogens is 3. The van der Waals surface area contributed by atoms with Crippen LogP contribution in [0.3, 0.4) is 0 Å². The van der Waals surface area contributed by atoms with Gasteiger partial charge >= 0.3 is 0 Å². The van der Waals surface area contributed by atoms with Gasteiger partial charge in [-0.2, -0.15) is 4.37 Å². The first-order valence-electron chi connectivity index (χ1n) is 4.39. The van der Waals surface area contributed by atoms with E-state index < -0.39 is 0 Å². The molecule has 0 amide bonds. The molecule has 0 spiro atoms. The standard InChI is InChI=1S/C9H10N4OS/c1-14-9-8(12-15-13-9)11-6-7-3-2-4-10-5-7/h2-5H,6H2,1H3,(H,11,12). The maximum absolute atomic E-state index is 5.03. The van der Waals surface area contributed by atoms with E-state index in [4.69, 9.17) is 4.74 Å². The Labute approximate surface area is 91.5 Å². The average molecular weight is 222 g/mol. The Kier molecular flexibility index (Phi) is 3.08. The molecule has 78 valence electrons. The van der Waals surface area contributed by atoms with E-state index in [9.17, 15) is 0 Å². The van der Waals surface area contributed by atoms with Gasteiger partial charge in [0.25, 0.3) is 5.88 Å². The summed E-state index contributed by atoms with van der Waals surface area (Å²) in [4.78, 5) is 4.02. The van der Waals surface area contributed by atoms with Gasteiger partial charge in [-0.05, 0) is 11.6 Å². The molecular weight excluding hydrogens is 212 g/mol. The third kappa shape index (κ3) is 2.41. The van der Waals surface area contributed by atoms with Crippen LogP contribution in [0.4, 0.5) is 5.82 Å². The minimum atomic E-state index is 0.531. The van der Waals surface area contributed by atoms with Gasteiger partial charge in [0.1, 0.15) is 0 Å². The van der Waals surface area contributed by atoms with Gasteiger partial charge in [-0.3, -0.25) is 4.98 Å². The Hall–Kier alpha value is -1.69. The Morgan fingerprint density at radius 1 is 1.47 bits per heavy atom. The lowest BCUT2D eigenvalue weighted by atomic mass is 10.3. The summed E-state index contributed by atoms with van der Waals surface area (Å²) in [5, 5.41) is 3.13. The quantitative estimate of drug-likeness (QED) is 0.850. The second-order valence-electron chi connectivity index (χ2n) is 2.84. The Bertz CT molecular complexity index is 417. The molecule has 0 fully saturated rings. The van der Waals surface area contributed by atoms with E-state index >= 15 is 0 Å². The molecule has 0 radical (unpaired) electrons. The Morgan fingerprint density at radius 2 is 2.40 bits per heavy atom. The zero-order valence-electron chi connectivity index (χ0n) is 8.17. The molecule has 2 heterocycles. The molecule has 0 aliphatic carbocycles. The average Bonchev–Trinajstić information content (AvgIpc) is 2.75. The molecule has 0 saturated carbocycles. The minimum absolute atomic E-state index is 0.531. The lowest BCUT2D eigenvalue weighted by molar-refractivity contribution is 0.403. The Balaban J connectivity index is 1.99. The Morgan fingerprint density at radius 3 is 3.13 bits per heavy atom. The zero-order chi connectivity index (χ0) is 10.5. The maximum Gasteiger partial charge on any atom is 0.270 e. The van der Waals surface area contributed by atoms with Crippen molar-refractivity contribution in [2.24, 2.45) is 0 Å². The SMILES string of the molecule is COc1nsnc1NCc1cccnc1. The fourth-order valence-electron chi connectivity index (χ4n) is 1.11. The van der Waals surface area contributed by atoms with Crippen molar-refractivity contribution >= 4 is 17.5 Å². The van der Waals surface area contributed by atoms with Gasteiger partial charge in [-0.1, -0.05) is 6.07 Å². The fraction of sp³-hybridized carbons (Fsp3) is 0.222. The number of nitrogens with zero attached hydrogens (tertiary/aromatic N) is 3. The topological polar surface area (TPSA) is 59.9 Å². The lowest BCUT2D eigenvalue weighted by Crippen LogP contribution is -2.01. The van der Waals surface area contributed by atoms with Gasteiger partial charge in [-0.15, -0.1) is 4.37 Å². The van der Waals surface area contributed by atoms with E-state index in [2.05, 4.69) is 19.0 Å². The van der Waals surface area contributed by atoms with E-state index in [-0.39, 0.29) is 0 Å². The number of hydrogen-bond acceptors (Lipinski definition) is 6. The molecule has 2 aromatic heterocycles. The molecule has 6 heteroatoms. The number of pyridine rings is 1. The molecule has 0 aliphatic heterocycles. The minimum Gasteiger partial charge on any atom is -0.478 e. The van der Waals surface area contributed by atoms with Crippen LogP contribution in [-0.2, 0) is 6.54 Å². The van der Waals surface area contributed by atoms with Gasteiger partial charge in [0.05, 0.1) is 18.8 Å². The van der Waals surface area contributed by atoms with E-state index in [1.165, 1.54) is 0 Å². The van der Waals surface area contributed by atoms with E-state index in [1.807, 2.05) is 12.1 Å². The summed E-state index contributed by atoms with van der Waals surface area (Å²) in [6.45, 7) is 0.662. The van der Waals surface area contributed by atoms with E-state index in [0.29, 0.717) is 18.2 Å². The van der Waals surface area contributed by atoms with Gasteiger partial charge in [0.2, 0.25) is 5.82 Å². The molecule has 0 unspecified atom stereocenters. The summed E-state index contributed by atoms with van der Waals surface area (Å²) in [6, 6.07) is 3.89. The van der Waals surface area contributed by atoms with Crippen LogP contribution in [0.5, 0.6) is 5.88 Å². The van der Waals surface area contributed by atoms with Crippen molar-refractivity contribution in [1.82, 2.24) is 13.7 Å². The van der Waals surface area contributed by atoms with Crippen LogP contribution < -0.4 is 10.1 Å². The molecule has 0 aliphatic rings. The second kappa shape index (κ2) is 4.70. The van der Waals surface area contributed by atoms with E-state index in [0.717, 1.165) is 17.3 Å². The van der Waals surface area contributed by atoms with Gasteiger partial charge in [-0.25, -0.2) is 0 Å². The van der Waals surface area contributed by atoms with Crippen molar-refractivity contribution in [2.75, 3.05) is 12.4 Å². The molecule has 0 bridgehead atoms. The lowest BCUT2D eigenvalue weighted by Gasteiger charge is -2.03. The summed E-state index contributed by atoms with van der Waals surface area (Å²) in [5.41, 5.74) is 1.09. The van der Waals surface area contributed by atoms with Crippen LogP contribution in [0.15, 0.2) is 24.5 Å². The summed E-state index contributed by atoms with van der Waals surface area (Å²) >= 11 is 1.12. The molecule has 2 aromatic rings. The number of rotatable bonds is 4. The number of methoxy groups -OCH3 is 1. The molecule has 0 aromatic carbocycles. The highest BCUT2D eigenvalue weighted by molar-refractivity contribution is 6.99. The normalized spacial score (nSPS) is 9.93. The zero-order valence-corrected chi connectivity index (χ0v) is 8.99. The number of ether oxygens (including phenoxy) is 1. The molecule has 15 heavy (non-hydrogen) atoms. The smallest absolute Gasteiger partial charge is 0.270 e. The highest BCUT2D eigenvalue weighted by Crippen LogP contribution is 2.20. The molecule has 1 N–H and O–H groups in total. The fourth-order valence-corrected chi connectivity index (χ4v) is 1.61. The number of nitrogens with one attached hydrogen (secondary N) is 1. The van der Waals surface area contributed by atoms with Gasteiger partial charge < -0.3 is 10.1 Å². The predicted octanol–water partition coefficient (Wildman–Crippen LogP) is 1.55. The van der Waals surface area contributed by atoms with Crippen molar-refractivity contribution < 1.29 is 4.74 Å². The van der Waals surface area contributed by atoms with Crippen molar-refractivity contribution in [2.45, 2.75) is 6.54 Å².